The van der Waals surface area contributed by atoms with Gasteiger partial charge in [0, 0.05) is 23.9 Å². The molecule has 0 fully saturated rings. The van der Waals surface area contributed by atoms with Crippen LogP contribution >= 0.6 is 0 Å². The lowest BCUT2D eigenvalue weighted by Gasteiger charge is -2.22. The van der Waals surface area contributed by atoms with Crippen molar-refractivity contribution in [2.24, 2.45) is 5.92 Å². The second kappa shape index (κ2) is 8.80. The third-order valence-corrected chi connectivity index (χ3v) is 3.74. The highest BCUT2D eigenvalue weighted by molar-refractivity contribution is 6.01. The molecular formula is C20H23N3O3. The molecule has 0 aromatic heterocycles. The fourth-order valence-corrected chi connectivity index (χ4v) is 2.41. The molecule has 0 aliphatic carbocycles. The van der Waals surface area contributed by atoms with Crippen LogP contribution in [-0.4, -0.2) is 23.8 Å². The van der Waals surface area contributed by atoms with E-state index in [9.17, 15) is 14.4 Å². The SMILES string of the molecule is CC(=O)Nc1ccc(NC(=O)C(NC(=O)c2ccccc2)C(C)C)cc1. The molecule has 26 heavy (non-hydrogen) atoms. The highest BCUT2D eigenvalue weighted by Gasteiger charge is 2.24. The Morgan fingerprint density at radius 3 is 1.85 bits per heavy atom. The highest BCUT2D eigenvalue weighted by atomic mass is 16.2. The topological polar surface area (TPSA) is 87.3 Å². The summed E-state index contributed by atoms with van der Waals surface area (Å²) in [6, 6.07) is 14.9. The van der Waals surface area contributed by atoms with Crippen LogP contribution in [0.3, 0.4) is 0 Å². The van der Waals surface area contributed by atoms with Crippen molar-refractivity contribution >= 4 is 29.1 Å². The Morgan fingerprint density at radius 2 is 1.35 bits per heavy atom. The fraction of sp³-hybridized carbons (Fsp3) is 0.250. The number of hydrogen-bond donors (Lipinski definition) is 3. The van der Waals surface area contributed by atoms with Gasteiger partial charge in [-0.2, -0.15) is 0 Å². The van der Waals surface area contributed by atoms with Gasteiger partial charge in [-0.3, -0.25) is 14.4 Å². The lowest BCUT2D eigenvalue weighted by atomic mass is 10.0. The second-order valence-electron chi connectivity index (χ2n) is 6.31. The summed E-state index contributed by atoms with van der Waals surface area (Å²) >= 11 is 0. The van der Waals surface area contributed by atoms with E-state index in [1.54, 1.807) is 48.5 Å². The van der Waals surface area contributed by atoms with E-state index in [1.807, 2.05) is 19.9 Å². The largest absolute Gasteiger partial charge is 0.340 e. The molecule has 136 valence electrons. The van der Waals surface area contributed by atoms with Crippen molar-refractivity contribution in [3.8, 4) is 0 Å². The van der Waals surface area contributed by atoms with E-state index in [2.05, 4.69) is 16.0 Å². The van der Waals surface area contributed by atoms with Gasteiger partial charge in [0.25, 0.3) is 5.91 Å². The second-order valence-corrected chi connectivity index (χ2v) is 6.31. The first-order valence-electron chi connectivity index (χ1n) is 8.41. The predicted molar refractivity (Wildman–Crippen MR) is 102 cm³/mol. The summed E-state index contributed by atoms with van der Waals surface area (Å²) < 4.78 is 0. The fourth-order valence-electron chi connectivity index (χ4n) is 2.41. The van der Waals surface area contributed by atoms with E-state index < -0.39 is 6.04 Å². The maximum absolute atomic E-state index is 12.6. The number of carbonyl (C=O) groups is 3. The quantitative estimate of drug-likeness (QED) is 0.746. The third-order valence-electron chi connectivity index (χ3n) is 3.74. The lowest BCUT2D eigenvalue weighted by molar-refractivity contribution is -0.119. The van der Waals surface area contributed by atoms with E-state index in [0.29, 0.717) is 16.9 Å². The van der Waals surface area contributed by atoms with Crippen LogP contribution in [0.25, 0.3) is 0 Å². The summed E-state index contributed by atoms with van der Waals surface area (Å²) in [5, 5.41) is 8.24. The Labute approximate surface area is 153 Å². The van der Waals surface area contributed by atoms with Crippen LogP contribution < -0.4 is 16.0 Å². The molecule has 0 spiro atoms. The van der Waals surface area contributed by atoms with Crippen molar-refractivity contribution in [2.75, 3.05) is 10.6 Å². The van der Waals surface area contributed by atoms with Crippen LogP contribution in [0.5, 0.6) is 0 Å². The van der Waals surface area contributed by atoms with Gasteiger partial charge in [0.1, 0.15) is 6.04 Å². The third kappa shape index (κ3) is 5.44. The van der Waals surface area contributed by atoms with Crippen LogP contribution in [0.2, 0.25) is 0 Å². The number of carbonyl (C=O) groups excluding carboxylic acids is 3. The molecule has 2 rings (SSSR count). The molecule has 0 aliphatic rings. The predicted octanol–water partition coefficient (Wildman–Crippen LogP) is 3.04. The average Bonchev–Trinajstić information content (AvgIpc) is 2.61. The molecule has 0 bridgehead atoms. The van der Waals surface area contributed by atoms with E-state index >= 15 is 0 Å². The Kier molecular flexibility index (Phi) is 6.49. The standard InChI is InChI=1S/C20H23N3O3/c1-13(2)18(23-19(25)15-7-5-4-6-8-15)20(26)22-17-11-9-16(10-12-17)21-14(3)24/h4-13,18H,1-3H3,(H,21,24)(H,22,26)(H,23,25). The molecule has 6 nitrogen and oxygen atoms in total. The number of anilines is 2. The van der Waals surface area contributed by atoms with Crippen molar-refractivity contribution < 1.29 is 14.4 Å². The molecule has 0 heterocycles. The molecule has 2 aromatic carbocycles. The van der Waals surface area contributed by atoms with Crippen LogP contribution in [0.15, 0.2) is 54.6 Å². The van der Waals surface area contributed by atoms with E-state index in [4.69, 9.17) is 0 Å². The van der Waals surface area contributed by atoms with E-state index in [1.165, 1.54) is 6.92 Å². The summed E-state index contributed by atoms with van der Waals surface area (Å²) in [7, 11) is 0. The van der Waals surface area contributed by atoms with Gasteiger partial charge in [-0.05, 0) is 42.3 Å². The Hall–Kier alpha value is -3.15. The van der Waals surface area contributed by atoms with Gasteiger partial charge < -0.3 is 16.0 Å². The van der Waals surface area contributed by atoms with Gasteiger partial charge >= 0.3 is 0 Å². The Morgan fingerprint density at radius 1 is 0.808 bits per heavy atom. The van der Waals surface area contributed by atoms with Crippen molar-refractivity contribution in [1.82, 2.24) is 5.32 Å². The molecule has 2 aromatic rings. The summed E-state index contributed by atoms with van der Waals surface area (Å²) in [4.78, 5) is 36.0. The van der Waals surface area contributed by atoms with Gasteiger partial charge in [-0.15, -0.1) is 0 Å². The molecule has 3 N–H and O–H groups in total. The summed E-state index contributed by atoms with van der Waals surface area (Å²) in [5.41, 5.74) is 1.74. The Balaban J connectivity index is 2.04. The molecule has 0 saturated carbocycles. The molecule has 0 radical (unpaired) electrons. The maximum atomic E-state index is 12.6. The molecule has 0 aliphatic heterocycles. The normalized spacial score (nSPS) is 11.5. The smallest absolute Gasteiger partial charge is 0.251 e. The number of hydrogen-bond acceptors (Lipinski definition) is 3. The summed E-state index contributed by atoms with van der Waals surface area (Å²) in [5.74, 6) is -0.830. The van der Waals surface area contributed by atoms with E-state index in [-0.39, 0.29) is 23.6 Å². The zero-order chi connectivity index (χ0) is 19.1. The molecule has 3 amide bonds. The van der Waals surface area contributed by atoms with Crippen molar-refractivity contribution in [3.05, 3.63) is 60.2 Å². The van der Waals surface area contributed by atoms with Gasteiger partial charge in [0.15, 0.2) is 0 Å². The van der Waals surface area contributed by atoms with Crippen LogP contribution in [-0.2, 0) is 9.59 Å². The van der Waals surface area contributed by atoms with Gasteiger partial charge in [-0.1, -0.05) is 32.0 Å². The monoisotopic (exact) mass is 353 g/mol. The highest BCUT2D eigenvalue weighted by Crippen LogP contribution is 2.15. The first-order chi connectivity index (χ1) is 12.4. The number of rotatable bonds is 6. The van der Waals surface area contributed by atoms with E-state index in [0.717, 1.165) is 0 Å². The zero-order valence-electron chi connectivity index (χ0n) is 15.1. The number of benzene rings is 2. The van der Waals surface area contributed by atoms with Crippen molar-refractivity contribution in [3.63, 3.8) is 0 Å². The zero-order valence-corrected chi connectivity index (χ0v) is 15.1. The van der Waals surface area contributed by atoms with Gasteiger partial charge in [0.2, 0.25) is 11.8 Å². The average molecular weight is 353 g/mol. The van der Waals surface area contributed by atoms with Crippen LogP contribution in [0.4, 0.5) is 11.4 Å². The summed E-state index contributed by atoms with van der Waals surface area (Å²) in [6.07, 6.45) is 0. The first-order valence-corrected chi connectivity index (χ1v) is 8.41. The molecular weight excluding hydrogens is 330 g/mol. The first kappa shape index (κ1) is 19.2. The minimum absolute atomic E-state index is 0.0821. The van der Waals surface area contributed by atoms with Gasteiger partial charge in [0.05, 0.1) is 0 Å². The van der Waals surface area contributed by atoms with Crippen molar-refractivity contribution in [1.29, 1.82) is 0 Å². The minimum atomic E-state index is -0.669. The van der Waals surface area contributed by atoms with Gasteiger partial charge in [-0.25, -0.2) is 0 Å². The van der Waals surface area contributed by atoms with Crippen LogP contribution in [0.1, 0.15) is 31.1 Å². The molecule has 1 unspecified atom stereocenters. The molecule has 6 heteroatoms. The number of amides is 3. The lowest BCUT2D eigenvalue weighted by Crippen LogP contribution is -2.47. The summed E-state index contributed by atoms with van der Waals surface area (Å²) in [6.45, 7) is 5.17. The Bertz CT molecular complexity index is 771. The molecule has 1 atom stereocenters. The maximum Gasteiger partial charge on any atom is 0.251 e. The van der Waals surface area contributed by atoms with Crippen molar-refractivity contribution in [2.45, 2.75) is 26.8 Å². The minimum Gasteiger partial charge on any atom is -0.340 e. The van der Waals surface area contributed by atoms with Crippen LogP contribution in [0, 0.1) is 5.92 Å². The number of nitrogens with one attached hydrogen (secondary N) is 3. The molecule has 0 saturated heterocycles.